The van der Waals surface area contributed by atoms with Gasteiger partial charge in [-0.05, 0) is 30.5 Å². The van der Waals surface area contributed by atoms with Gasteiger partial charge in [-0.2, -0.15) is 0 Å². The Morgan fingerprint density at radius 3 is 2.35 bits per heavy atom. The van der Waals surface area contributed by atoms with E-state index in [0.29, 0.717) is 32.0 Å². The second-order valence-electron chi connectivity index (χ2n) is 5.81. The molecule has 5 heteroatoms. The molecule has 0 bridgehead atoms. The molecule has 23 heavy (non-hydrogen) atoms. The van der Waals surface area contributed by atoms with Gasteiger partial charge in [-0.15, -0.1) is 0 Å². The molecular formula is C18H27NO4. The van der Waals surface area contributed by atoms with Gasteiger partial charge in [-0.1, -0.05) is 26.0 Å². The second kappa shape index (κ2) is 9.87. The third-order valence-electron chi connectivity index (χ3n) is 3.34. The van der Waals surface area contributed by atoms with E-state index in [1.807, 2.05) is 31.2 Å². The molecule has 1 amide bonds. The minimum Gasteiger partial charge on any atom is -0.494 e. The Kier molecular flexibility index (Phi) is 8.16. The minimum absolute atomic E-state index is 0.0202. The number of benzene rings is 1. The molecule has 5 nitrogen and oxygen atoms in total. The summed E-state index contributed by atoms with van der Waals surface area (Å²) < 4.78 is 10.0. The average molecular weight is 321 g/mol. The minimum atomic E-state index is -0.298. The summed E-state index contributed by atoms with van der Waals surface area (Å²) in [6.07, 6.45) is 0.540. The first-order chi connectivity index (χ1) is 11.0. The largest absolute Gasteiger partial charge is 0.494 e. The monoisotopic (exact) mass is 321 g/mol. The van der Waals surface area contributed by atoms with E-state index in [0.717, 1.165) is 11.3 Å². The van der Waals surface area contributed by atoms with Crippen molar-refractivity contribution >= 4 is 11.9 Å². The van der Waals surface area contributed by atoms with Gasteiger partial charge >= 0.3 is 5.97 Å². The number of hydrogen-bond acceptors (Lipinski definition) is 4. The number of hydrogen-bond donors (Lipinski definition) is 0. The Balaban J connectivity index is 2.65. The van der Waals surface area contributed by atoms with Crippen molar-refractivity contribution in [2.45, 2.75) is 33.6 Å². The van der Waals surface area contributed by atoms with Crippen LogP contribution in [-0.4, -0.2) is 43.6 Å². The van der Waals surface area contributed by atoms with Crippen LogP contribution in [-0.2, 0) is 20.7 Å². The Morgan fingerprint density at radius 2 is 1.83 bits per heavy atom. The van der Waals surface area contributed by atoms with Gasteiger partial charge in [0.1, 0.15) is 5.75 Å². The summed E-state index contributed by atoms with van der Waals surface area (Å²) in [5.74, 6) is 0.866. The van der Waals surface area contributed by atoms with Crippen molar-refractivity contribution in [1.82, 2.24) is 4.90 Å². The van der Waals surface area contributed by atoms with Crippen LogP contribution in [0.15, 0.2) is 24.3 Å². The SMILES string of the molecule is CCOc1ccc(CC(=O)N(CCC(=O)OC)CC(C)C)cc1. The maximum atomic E-state index is 12.5. The van der Waals surface area contributed by atoms with Crippen LogP contribution >= 0.6 is 0 Å². The summed E-state index contributed by atoms with van der Waals surface area (Å²) in [6, 6.07) is 7.54. The normalized spacial score (nSPS) is 10.5. The Morgan fingerprint density at radius 1 is 1.17 bits per heavy atom. The highest BCUT2D eigenvalue weighted by Crippen LogP contribution is 2.14. The van der Waals surface area contributed by atoms with Gasteiger partial charge in [-0.25, -0.2) is 0 Å². The molecule has 128 valence electrons. The quantitative estimate of drug-likeness (QED) is 0.656. The standard InChI is InChI=1S/C18H27NO4/c1-5-23-16-8-6-15(7-9-16)12-17(20)19(13-14(2)3)11-10-18(21)22-4/h6-9,14H,5,10-13H2,1-4H3. The van der Waals surface area contributed by atoms with E-state index in [1.54, 1.807) is 4.90 Å². The van der Waals surface area contributed by atoms with Crippen molar-refractivity contribution in [2.75, 3.05) is 26.8 Å². The predicted molar refractivity (Wildman–Crippen MR) is 89.4 cm³/mol. The van der Waals surface area contributed by atoms with Crippen LogP contribution in [0.3, 0.4) is 0 Å². The fourth-order valence-corrected chi connectivity index (χ4v) is 2.24. The zero-order valence-corrected chi connectivity index (χ0v) is 14.5. The average Bonchev–Trinajstić information content (AvgIpc) is 2.52. The third kappa shape index (κ3) is 7.17. The van der Waals surface area contributed by atoms with Crippen LogP contribution in [0.5, 0.6) is 5.75 Å². The van der Waals surface area contributed by atoms with Gasteiger partial charge in [0.15, 0.2) is 0 Å². The predicted octanol–water partition coefficient (Wildman–Crippen LogP) is 2.68. The fraction of sp³-hybridized carbons (Fsp3) is 0.556. The molecule has 0 aliphatic carbocycles. The Bertz CT molecular complexity index is 496. The summed E-state index contributed by atoms with van der Waals surface area (Å²) in [4.78, 5) is 25.5. The summed E-state index contributed by atoms with van der Waals surface area (Å²) in [7, 11) is 1.36. The number of amides is 1. The maximum Gasteiger partial charge on any atom is 0.307 e. The smallest absolute Gasteiger partial charge is 0.307 e. The van der Waals surface area contributed by atoms with Crippen molar-refractivity contribution in [3.05, 3.63) is 29.8 Å². The van der Waals surface area contributed by atoms with Gasteiger partial charge in [0.05, 0.1) is 26.6 Å². The molecule has 0 aliphatic rings. The van der Waals surface area contributed by atoms with E-state index < -0.39 is 0 Å². The van der Waals surface area contributed by atoms with Gasteiger partial charge in [0, 0.05) is 13.1 Å². The first kappa shape index (κ1) is 19.0. The van der Waals surface area contributed by atoms with Crippen molar-refractivity contribution < 1.29 is 19.1 Å². The molecule has 0 N–H and O–H groups in total. The first-order valence-corrected chi connectivity index (χ1v) is 8.02. The lowest BCUT2D eigenvalue weighted by atomic mass is 10.1. The number of rotatable bonds is 9. The summed E-state index contributed by atoms with van der Waals surface area (Å²) in [5, 5.41) is 0. The van der Waals surface area contributed by atoms with Crippen LogP contribution in [0.2, 0.25) is 0 Å². The molecule has 0 unspecified atom stereocenters. The molecule has 0 saturated heterocycles. The van der Waals surface area contributed by atoms with Gasteiger partial charge < -0.3 is 14.4 Å². The Labute approximate surface area is 138 Å². The molecule has 0 radical (unpaired) electrons. The Hall–Kier alpha value is -2.04. The number of carbonyl (C=O) groups is 2. The molecule has 1 aromatic rings. The molecular weight excluding hydrogens is 294 g/mol. The van der Waals surface area contributed by atoms with Crippen molar-refractivity contribution in [3.63, 3.8) is 0 Å². The van der Waals surface area contributed by atoms with Gasteiger partial charge in [-0.3, -0.25) is 9.59 Å². The molecule has 0 saturated carbocycles. The number of methoxy groups -OCH3 is 1. The van der Waals surface area contributed by atoms with Crippen molar-refractivity contribution in [3.8, 4) is 5.75 Å². The zero-order chi connectivity index (χ0) is 17.2. The lowest BCUT2D eigenvalue weighted by molar-refractivity contribution is -0.141. The second-order valence-corrected chi connectivity index (χ2v) is 5.81. The number of nitrogens with zero attached hydrogens (tertiary/aromatic N) is 1. The number of carbonyl (C=O) groups excluding carboxylic acids is 2. The van der Waals surface area contributed by atoms with E-state index in [-0.39, 0.29) is 18.3 Å². The third-order valence-corrected chi connectivity index (χ3v) is 3.34. The van der Waals surface area contributed by atoms with Crippen LogP contribution in [0.25, 0.3) is 0 Å². The topological polar surface area (TPSA) is 55.8 Å². The van der Waals surface area contributed by atoms with Crippen LogP contribution < -0.4 is 4.74 Å². The van der Waals surface area contributed by atoms with Crippen molar-refractivity contribution in [2.24, 2.45) is 5.92 Å². The highest BCUT2D eigenvalue weighted by molar-refractivity contribution is 5.79. The van der Waals surface area contributed by atoms with Gasteiger partial charge in [0.2, 0.25) is 5.91 Å². The molecule has 0 heterocycles. The highest BCUT2D eigenvalue weighted by atomic mass is 16.5. The molecule has 1 rings (SSSR count). The van der Waals surface area contributed by atoms with E-state index in [2.05, 4.69) is 18.6 Å². The molecule has 0 atom stereocenters. The van der Waals surface area contributed by atoms with E-state index >= 15 is 0 Å². The first-order valence-electron chi connectivity index (χ1n) is 8.02. The van der Waals surface area contributed by atoms with Crippen LogP contribution in [0.4, 0.5) is 0 Å². The molecule has 0 aromatic heterocycles. The lowest BCUT2D eigenvalue weighted by Gasteiger charge is -2.24. The molecule has 0 fully saturated rings. The van der Waals surface area contributed by atoms with E-state index in [4.69, 9.17) is 4.74 Å². The highest BCUT2D eigenvalue weighted by Gasteiger charge is 2.17. The maximum absolute atomic E-state index is 12.5. The molecule has 0 aliphatic heterocycles. The van der Waals surface area contributed by atoms with Crippen molar-refractivity contribution in [1.29, 1.82) is 0 Å². The summed E-state index contributed by atoms with van der Waals surface area (Å²) in [6.45, 7) is 7.68. The number of ether oxygens (including phenoxy) is 2. The molecule has 0 spiro atoms. The number of esters is 1. The van der Waals surface area contributed by atoms with E-state index in [1.165, 1.54) is 7.11 Å². The summed E-state index contributed by atoms with van der Waals surface area (Å²) >= 11 is 0. The van der Waals surface area contributed by atoms with E-state index in [9.17, 15) is 9.59 Å². The lowest BCUT2D eigenvalue weighted by Crippen LogP contribution is -2.37. The van der Waals surface area contributed by atoms with Gasteiger partial charge in [0.25, 0.3) is 0 Å². The zero-order valence-electron chi connectivity index (χ0n) is 14.5. The molecule has 1 aromatic carbocycles. The fourth-order valence-electron chi connectivity index (χ4n) is 2.24. The van der Waals surface area contributed by atoms with Crippen LogP contribution in [0.1, 0.15) is 32.8 Å². The van der Waals surface area contributed by atoms with Crippen LogP contribution in [0, 0.1) is 5.92 Å². The summed E-state index contributed by atoms with van der Waals surface area (Å²) in [5.41, 5.74) is 0.935.